The Kier molecular flexibility index (Phi) is 4.32. The minimum atomic E-state index is -0.0215. The summed E-state index contributed by atoms with van der Waals surface area (Å²) in [5.74, 6) is 4.65. The van der Waals surface area contributed by atoms with Crippen LogP contribution < -0.4 is 4.90 Å². The van der Waals surface area contributed by atoms with Gasteiger partial charge in [0.15, 0.2) is 5.82 Å². The summed E-state index contributed by atoms with van der Waals surface area (Å²) in [5.41, 5.74) is 1.02. The van der Waals surface area contributed by atoms with Crippen molar-refractivity contribution < 1.29 is 4.79 Å². The number of piperazine rings is 1. The predicted molar refractivity (Wildman–Crippen MR) is 117 cm³/mol. The van der Waals surface area contributed by atoms with Crippen LogP contribution in [0.1, 0.15) is 38.5 Å². The third-order valence-corrected chi connectivity index (χ3v) is 8.06. The van der Waals surface area contributed by atoms with E-state index in [1.807, 2.05) is 42.6 Å². The average molecular weight is 403 g/mol. The number of hydrogen-bond donors (Lipinski definition) is 0. The predicted octanol–water partition coefficient (Wildman–Crippen LogP) is 4.01. The molecule has 5 aliphatic rings. The molecule has 2 heterocycles. The average Bonchev–Trinajstić information content (AvgIpc) is 2.78. The maximum absolute atomic E-state index is 13.6. The molecule has 4 aliphatic carbocycles. The van der Waals surface area contributed by atoms with Gasteiger partial charge in [-0.15, -0.1) is 0 Å². The van der Waals surface area contributed by atoms with Crippen LogP contribution in [0.25, 0.3) is 11.4 Å². The molecule has 1 amide bonds. The topological polar surface area (TPSA) is 49.3 Å². The lowest BCUT2D eigenvalue weighted by Gasteiger charge is -2.57. The number of benzene rings is 1. The Morgan fingerprint density at radius 2 is 1.50 bits per heavy atom. The Morgan fingerprint density at radius 3 is 2.13 bits per heavy atom. The first-order chi connectivity index (χ1) is 14.7. The molecule has 5 fully saturated rings. The van der Waals surface area contributed by atoms with Crippen molar-refractivity contribution in [1.29, 1.82) is 0 Å². The van der Waals surface area contributed by atoms with Gasteiger partial charge in [-0.25, -0.2) is 9.97 Å². The van der Waals surface area contributed by atoms with Gasteiger partial charge in [0.25, 0.3) is 0 Å². The van der Waals surface area contributed by atoms with Crippen LogP contribution >= 0.6 is 0 Å². The minimum absolute atomic E-state index is 0.0215. The van der Waals surface area contributed by atoms with Gasteiger partial charge in [-0.1, -0.05) is 30.3 Å². The van der Waals surface area contributed by atoms with Gasteiger partial charge < -0.3 is 9.80 Å². The van der Waals surface area contributed by atoms with Gasteiger partial charge in [0.1, 0.15) is 5.82 Å². The van der Waals surface area contributed by atoms with Gasteiger partial charge in [0, 0.05) is 37.9 Å². The third-order valence-electron chi connectivity index (χ3n) is 8.06. The van der Waals surface area contributed by atoms with Crippen molar-refractivity contribution in [2.75, 3.05) is 31.1 Å². The van der Waals surface area contributed by atoms with Crippen LogP contribution in [-0.2, 0) is 4.79 Å². The molecule has 4 saturated carbocycles. The van der Waals surface area contributed by atoms with Crippen molar-refractivity contribution in [3.63, 3.8) is 0 Å². The number of carbonyl (C=O) groups is 1. The SMILES string of the molecule is O=C(N1CCN(c2ccnc(-c3ccccc3)n2)CC1)C12CC3CC(CC(C3)C1)C2. The first kappa shape index (κ1) is 18.3. The number of nitrogens with zero attached hydrogens (tertiary/aromatic N) is 4. The second-order valence-electron chi connectivity index (χ2n) is 10.1. The molecule has 5 nitrogen and oxygen atoms in total. The van der Waals surface area contributed by atoms with Crippen LogP contribution in [0.2, 0.25) is 0 Å². The van der Waals surface area contributed by atoms with E-state index in [0.717, 1.165) is 80.4 Å². The molecule has 0 N–H and O–H groups in total. The Balaban J connectivity index is 1.14. The van der Waals surface area contributed by atoms with E-state index in [9.17, 15) is 4.79 Å². The molecule has 0 unspecified atom stereocenters. The summed E-state index contributed by atoms with van der Waals surface area (Å²) in [4.78, 5) is 27.3. The van der Waals surface area contributed by atoms with Crippen LogP contribution in [0.4, 0.5) is 5.82 Å². The first-order valence-electron chi connectivity index (χ1n) is 11.6. The van der Waals surface area contributed by atoms with Crippen LogP contribution in [0.5, 0.6) is 0 Å². The van der Waals surface area contributed by atoms with Crippen LogP contribution in [-0.4, -0.2) is 47.0 Å². The molecule has 5 heteroatoms. The molecule has 1 aliphatic heterocycles. The standard InChI is InChI=1S/C25H30N4O/c30-24(25-15-18-12-19(16-25)14-20(13-18)17-25)29-10-8-28(9-11-29)22-6-7-26-23(27-22)21-4-2-1-3-5-21/h1-7,18-20H,8-17H2. The molecule has 7 rings (SSSR count). The normalized spacial score (nSPS) is 32.5. The lowest BCUT2D eigenvalue weighted by molar-refractivity contribution is -0.158. The quantitative estimate of drug-likeness (QED) is 0.778. The zero-order valence-electron chi connectivity index (χ0n) is 17.5. The number of amides is 1. The summed E-state index contributed by atoms with van der Waals surface area (Å²) >= 11 is 0. The van der Waals surface area contributed by atoms with E-state index in [0.29, 0.717) is 5.91 Å². The lowest BCUT2D eigenvalue weighted by atomic mass is 9.49. The van der Waals surface area contributed by atoms with Crippen molar-refractivity contribution in [3.05, 3.63) is 42.6 Å². The molecule has 0 radical (unpaired) electrons. The number of carbonyl (C=O) groups excluding carboxylic acids is 1. The van der Waals surface area contributed by atoms with E-state index >= 15 is 0 Å². The molecule has 1 aromatic carbocycles. The van der Waals surface area contributed by atoms with E-state index in [-0.39, 0.29) is 5.41 Å². The highest BCUT2D eigenvalue weighted by Gasteiger charge is 2.55. The van der Waals surface area contributed by atoms with Crippen LogP contribution in [0.15, 0.2) is 42.6 Å². The molecule has 30 heavy (non-hydrogen) atoms. The van der Waals surface area contributed by atoms with Crippen molar-refractivity contribution in [2.45, 2.75) is 38.5 Å². The number of aromatic nitrogens is 2. The summed E-state index contributed by atoms with van der Waals surface area (Å²) < 4.78 is 0. The van der Waals surface area contributed by atoms with Crippen LogP contribution in [0.3, 0.4) is 0 Å². The van der Waals surface area contributed by atoms with Gasteiger partial charge in [-0.3, -0.25) is 4.79 Å². The highest BCUT2D eigenvalue weighted by atomic mass is 16.2. The van der Waals surface area contributed by atoms with E-state index in [4.69, 9.17) is 4.98 Å². The van der Waals surface area contributed by atoms with Crippen LogP contribution in [0, 0.1) is 23.2 Å². The summed E-state index contributed by atoms with van der Waals surface area (Å²) in [6.07, 6.45) is 9.48. The van der Waals surface area contributed by atoms with Crippen molar-refractivity contribution >= 4 is 11.7 Å². The van der Waals surface area contributed by atoms with E-state index in [1.165, 1.54) is 19.3 Å². The molecule has 1 aromatic heterocycles. The van der Waals surface area contributed by atoms with Gasteiger partial charge in [0.05, 0.1) is 5.41 Å². The smallest absolute Gasteiger partial charge is 0.228 e. The summed E-state index contributed by atoms with van der Waals surface area (Å²) in [5, 5.41) is 0. The fourth-order valence-electron chi connectivity index (χ4n) is 7.10. The molecule has 1 saturated heterocycles. The molecule has 2 aromatic rings. The van der Waals surface area contributed by atoms with E-state index < -0.39 is 0 Å². The molecule has 0 spiro atoms. The summed E-state index contributed by atoms with van der Waals surface area (Å²) in [6.45, 7) is 3.32. The molecular formula is C25H30N4O. The Morgan fingerprint density at radius 1 is 0.867 bits per heavy atom. The zero-order chi connectivity index (χ0) is 20.1. The fourth-order valence-corrected chi connectivity index (χ4v) is 7.10. The monoisotopic (exact) mass is 402 g/mol. The number of hydrogen-bond acceptors (Lipinski definition) is 4. The van der Waals surface area contributed by atoms with Gasteiger partial charge in [0.2, 0.25) is 5.91 Å². The Bertz CT molecular complexity index is 900. The minimum Gasteiger partial charge on any atom is -0.353 e. The Hall–Kier alpha value is -2.43. The fraction of sp³-hybridized carbons (Fsp3) is 0.560. The largest absolute Gasteiger partial charge is 0.353 e. The lowest BCUT2D eigenvalue weighted by Crippen LogP contribution is -2.58. The molecule has 4 bridgehead atoms. The molecule has 0 atom stereocenters. The number of rotatable bonds is 3. The van der Waals surface area contributed by atoms with Crippen molar-refractivity contribution in [3.8, 4) is 11.4 Å². The van der Waals surface area contributed by atoms with Gasteiger partial charge in [-0.05, 0) is 62.3 Å². The van der Waals surface area contributed by atoms with Crippen molar-refractivity contribution in [2.24, 2.45) is 23.2 Å². The summed E-state index contributed by atoms with van der Waals surface area (Å²) in [6, 6.07) is 12.1. The third kappa shape index (κ3) is 3.10. The highest BCUT2D eigenvalue weighted by molar-refractivity contribution is 5.83. The molecular weight excluding hydrogens is 372 g/mol. The number of anilines is 1. The second kappa shape index (κ2) is 7.07. The van der Waals surface area contributed by atoms with Gasteiger partial charge in [-0.2, -0.15) is 0 Å². The van der Waals surface area contributed by atoms with Gasteiger partial charge >= 0.3 is 0 Å². The van der Waals surface area contributed by atoms with E-state index in [2.05, 4.69) is 14.8 Å². The molecule has 156 valence electrons. The summed E-state index contributed by atoms with van der Waals surface area (Å²) in [7, 11) is 0. The van der Waals surface area contributed by atoms with E-state index in [1.54, 1.807) is 0 Å². The Labute approximate surface area is 178 Å². The highest BCUT2D eigenvalue weighted by Crippen LogP contribution is 2.60. The zero-order valence-corrected chi connectivity index (χ0v) is 17.5. The maximum Gasteiger partial charge on any atom is 0.228 e. The maximum atomic E-state index is 13.6. The van der Waals surface area contributed by atoms with Crippen molar-refractivity contribution in [1.82, 2.24) is 14.9 Å². The first-order valence-corrected chi connectivity index (χ1v) is 11.6. The second-order valence-corrected chi connectivity index (χ2v) is 10.1.